The van der Waals surface area contributed by atoms with E-state index in [0.717, 1.165) is 56.9 Å². The second-order valence-corrected chi connectivity index (χ2v) is 9.74. The number of anilines is 1. The number of fused-ring (bicyclic) bond motifs is 1. The van der Waals surface area contributed by atoms with E-state index >= 15 is 4.39 Å². The van der Waals surface area contributed by atoms with Crippen LogP contribution >= 0.6 is 0 Å². The van der Waals surface area contributed by atoms with Gasteiger partial charge in [0.25, 0.3) is 0 Å². The van der Waals surface area contributed by atoms with Gasteiger partial charge in [-0.25, -0.2) is 9.18 Å². The normalized spacial score (nSPS) is 17.1. The molecule has 184 valence electrons. The zero-order valence-electron chi connectivity index (χ0n) is 19.8. The summed E-state index contributed by atoms with van der Waals surface area (Å²) in [7, 11) is 0. The summed E-state index contributed by atoms with van der Waals surface area (Å²) in [6.45, 7) is 0.0694. The third kappa shape index (κ3) is 4.77. The first-order valence-corrected chi connectivity index (χ1v) is 12.6. The van der Waals surface area contributed by atoms with E-state index in [1.54, 1.807) is 6.07 Å². The van der Waals surface area contributed by atoms with Crippen LogP contribution in [0.1, 0.15) is 79.8 Å². The van der Waals surface area contributed by atoms with Gasteiger partial charge in [0.15, 0.2) is 11.6 Å². The SMILES string of the molecule is O=C(O)c1cn(C2CCCC2)c2cc(NC3CCCCC3)c(F)c(OCc3ccccc3)c2c1=O. The fourth-order valence-electron chi connectivity index (χ4n) is 5.52. The number of aromatic nitrogens is 1. The Kier molecular flexibility index (Phi) is 6.75. The molecule has 0 amide bonds. The lowest BCUT2D eigenvalue weighted by Crippen LogP contribution is -2.25. The highest BCUT2D eigenvalue weighted by Crippen LogP contribution is 2.38. The van der Waals surface area contributed by atoms with Gasteiger partial charge in [0, 0.05) is 18.3 Å². The van der Waals surface area contributed by atoms with Crippen LogP contribution in [-0.2, 0) is 6.61 Å². The van der Waals surface area contributed by atoms with Gasteiger partial charge in [0.05, 0.1) is 16.6 Å². The third-order valence-corrected chi connectivity index (χ3v) is 7.36. The fraction of sp³-hybridized carbons (Fsp3) is 0.429. The van der Waals surface area contributed by atoms with E-state index in [4.69, 9.17) is 4.74 Å². The molecule has 3 aromatic rings. The van der Waals surface area contributed by atoms with Crippen molar-refractivity contribution in [3.8, 4) is 5.75 Å². The summed E-state index contributed by atoms with van der Waals surface area (Å²) in [5.74, 6) is -2.14. The topological polar surface area (TPSA) is 80.6 Å². The summed E-state index contributed by atoms with van der Waals surface area (Å²) in [5, 5.41) is 13.1. The lowest BCUT2D eigenvalue weighted by molar-refractivity contribution is 0.0694. The van der Waals surface area contributed by atoms with Crippen molar-refractivity contribution in [2.75, 3.05) is 5.32 Å². The number of ether oxygens (including phenoxy) is 1. The molecule has 35 heavy (non-hydrogen) atoms. The molecule has 1 heterocycles. The number of nitrogens with zero attached hydrogens (tertiary/aromatic N) is 1. The van der Waals surface area contributed by atoms with Crippen LogP contribution in [0.15, 0.2) is 47.4 Å². The third-order valence-electron chi connectivity index (χ3n) is 7.36. The minimum absolute atomic E-state index is 0.000532. The first-order valence-electron chi connectivity index (χ1n) is 12.6. The Labute approximate surface area is 203 Å². The Morgan fingerprint density at radius 1 is 1.06 bits per heavy atom. The summed E-state index contributed by atoms with van der Waals surface area (Å²) in [6.07, 6.45) is 10.6. The molecule has 0 bridgehead atoms. The van der Waals surface area contributed by atoms with Gasteiger partial charge in [0.2, 0.25) is 5.43 Å². The highest BCUT2D eigenvalue weighted by molar-refractivity contribution is 5.96. The average molecular weight is 479 g/mol. The lowest BCUT2D eigenvalue weighted by Gasteiger charge is -2.26. The number of halogens is 1. The maximum atomic E-state index is 16.0. The number of rotatable bonds is 7. The van der Waals surface area contributed by atoms with Gasteiger partial charge in [-0.05, 0) is 37.3 Å². The summed E-state index contributed by atoms with van der Waals surface area (Å²) in [6, 6.07) is 11.2. The smallest absolute Gasteiger partial charge is 0.341 e. The van der Waals surface area contributed by atoms with E-state index in [2.05, 4.69) is 5.32 Å². The van der Waals surface area contributed by atoms with Crippen LogP contribution in [0.3, 0.4) is 0 Å². The molecule has 0 atom stereocenters. The molecule has 2 aliphatic carbocycles. The van der Waals surface area contributed by atoms with Crippen LogP contribution in [0.25, 0.3) is 10.9 Å². The minimum Gasteiger partial charge on any atom is -0.485 e. The summed E-state index contributed by atoms with van der Waals surface area (Å²) in [5.41, 5.74) is 0.585. The van der Waals surface area contributed by atoms with Crippen LogP contribution in [0.2, 0.25) is 0 Å². The molecule has 6 nitrogen and oxygen atoms in total. The zero-order chi connectivity index (χ0) is 24.4. The lowest BCUT2D eigenvalue weighted by atomic mass is 9.95. The van der Waals surface area contributed by atoms with Crippen LogP contribution in [0.5, 0.6) is 5.75 Å². The maximum Gasteiger partial charge on any atom is 0.341 e. The number of hydrogen-bond acceptors (Lipinski definition) is 4. The molecule has 2 N–H and O–H groups in total. The first-order chi connectivity index (χ1) is 17.0. The summed E-state index contributed by atoms with van der Waals surface area (Å²) < 4.78 is 23.8. The Morgan fingerprint density at radius 3 is 2.43 bits per heavy atom. The van der Waals surface area contributed by atoms with Crippen molar-refractivity contribution in [3.63, 3.8) is 0 Å². The number of carboxylic acid groups (broad SMARTS) is 1. The van der Waals surface area contributed by atoms with Crippen molar-refractivity contribution in [1.29, 1.82) is 0 Å². The second-order valence-electron chi connectivity index (χ2n) is 9.74. The van der Waals surface area contributed by atoms with E-state index < -0.39 is 17.2 Å². The molecule has 2 aromatic carbocycles. The van der Waals surface area contributed by atoms with Gasteiger partial charge in [-0.2, -0.15) is 0 Å². The van der Waals surface area contributed by atoms with Crippen molar-refractivity contribution >= 4 is 22.6 Å². The number of hydrogen-bond donors (Lipinski definition) is 2. The van der Waals surface area contributed by atoms with Gasteiger partial charge < -0.3 is 19.7 Å². The number of nitrogens with one attached hydrogen (secondary N) is 1. The largest absolute Gasteiger partial charge is 0.485 e. The van der Waals surface area contributed by atoms with Crippen LogP contribution in [0, 0.1) is 5.82 Å². The molecule has 2 fully saturated rings. The average Bonchev–Trinajstić information content (AvgIpc) is 3.40. The molecule has 2 aliphatic rings. The molecular weight excluding hydrogens is 447 g/mol. The maximum absolute atomic E-state index is 16.0. The predicted molar refractivity (Wildman–Crippen MR) is 134 cm³/mol. The van der Waals surface area contributed by atoms with E-state index in [0.29, 0.717) is 11.2 Å². The van der Waals surface area contributed by atoms with Crippen molar-refractivity contribution in [2.45, 2.75) is 76.5 Å². The van der Waals surface area contributed by atoms with Gasteiger partial charge >= 0.3 is 5.97 Å². The number of carboxylic acids is 1. The molecule has 0 radical (unpaired) electrons. The summed E-state index contributed by atoms with van der Waals surface area (Å²) in [4.78, 5) is 25.3. The molecule has 5 rings (SSSR count). The zero-order valence-corrected chi connectivity index (χ0v) is 19.8. The Hall–Kier alpha value is -3.35. The molecule has 7 heteroatoms. The van der Waals surface area contributed by atoms with E-state index in [1.165, 1.54) is 12.6 Å². The van der Waals surface area contributed by atoms with Gasteiger partial charge in [0.1, 0.15) is 12.2 Å². The molecule has 0 aliphatic heterocycles. The highest BCUT2D eigenvalue weighted by atomic mass is 19.1. The number of pyridine rings is 1. The monoisotopic (exact) mass is 478 g/mol. The molecule has 0 saturated heterocycles. The van der Waals surface area contributed by atoms with Gasteiger partial charge in [-0.1, -0.05) is 62.4 Å². The van der Waals surface area contributed by atoms with Crippen molar-refractivity contribution in [3.05, 3.63) is 69.8 Å². The number of benzene rings is 2. The predicted octanol–water partition coefficient (Wildman–Crippen LogP) is 6.28. The molecular formula is C28H31FN2O4. The van der Waals surface area contributed by atoms with E-state index in [9.17, 15) is 14.7 Å². The second kappa shape index (κ2) is 10.1. The van der Waals surface area contributed by atoms with E-state index in [-0.39, 0.29) is 35.4 Å². The molecule has 0 unspecified atom stereocenters. The number of aromatic carboxylic acids is 1. The first kappa shape index (κ1) is 23.4. The number of carbonyl (C=O) groups is 1. The quantitative estimate of drug-likeness (QED) is 0.418. The van der Waals surface area contributed by atoms with Crippen LogP contribution in [-0.4, -0.2) is 21.7 Å². The van der Waals surface area contributed by atoms with Crippen molar-refractivity contribution < 1.29 is 19.0 Å². The highest BCUT2D eigenvalue weighted by Gasteiger charge is 2.27. The van der Waals surface area contributed by atoms with Gasteiger partial charge in [-0.3, -0.25) is 4.79 Å². The Morgan fingerprint density at radius 2 is 1.74 bits per heavy atom. The van der Waals surface area contributed by atoms with Crippen LogP contribution in [0.4, 0.5) is 10.1 Å². The Bertz CT molecular complexity index is 1280. The summed E-state index contributed by atoms with van der Waals surface area (Å²) >= 11 is 0. The van der Waals surface area contributed by atoms with Crippen molar-refractivity contribution in [2.24, 2.45) is 0 Å². The molecule has 1 aromatic heterocycles. The molecule has 0 spiro atoms. The van der Waals surface area contributed by atoms with Crippen molar-refractivity contribution in [1.82, 2.24) is 4.57 Å². The van der Waals surface area contributed by atoms with E-state index in [1.807, 2.05) is 34.9 Å². The van der Waals surface area contributed by atoms with Crippen LogP contribution < -0.4 is 15.5 Å². The molecule has 2 saturated carbocycles. The fourth-order valence-corrected chi connectivity index (χ4v) is 5.52. The van der Waals surface area contributed by atoms with Gasteiger partial charge in [-0.15, -0.1) is 0 Å². The standard InChI is InChI=1S/C28H31FN2O4/c29-25-22(30-19-11-5-2-6-12-19)15-23-24(27(25)35-17-18-9-3-1-4-10-18)26(32)21(28(33)34)16-31(23)20-13-7-8-14-20/h1,3-4,9-10,15-16,19-20,30H,2,5-8,11-14,17H2,(H,33,34). The minimum atomic E-state index is -1.32. The Balaban J connectivity index is 1.69.